The molecule has 0 amide bonds. The summed E-state index contributed by atoms with van der Waals surface area (Å²) in [5, 5.41) is 16.5. The lowest BCUT2D eigenvalue weighted by molar-refractivity contribution is 0.155. The van der Waals surface area contributed by atoms with Crippen molar-refractivity contribution in [1.29, 1.82) is 0 Å². The third-order valence-corrected chi connectivity index (χ3v) is 4.15. The molecule has 5 nitrogen and oxygen atoms in total. The van der Waals surface area contributed by atoms with Gasteiger partial charge in [0.1, 0.15) is 18.0 Å². The van der Waals surface area contributed by atoms with Crippen LogP contribution in [0.25, 0.3) is 0 Å². The Bertz CT molecular complexity index is 416. The van der Waals surface area contributed by atoms with E-state index in [0.717, 1.165) is 56.2 Å². The molecule has 0 saturated heterocycles. The first-order valence-electron chi connectivity index (χ1n) is 7.62. The van der Waals surface area contributed by atoms with Crippen molar-refractivity contribution in [3.05, 3.63) is 12.4 Å². The molecule has 1 fully saturated rings. The molecule has 1 saturated carbocycles. The molecule has 1 aromatic rings. The van der Waals surface area contributed by atoms with Gasteiger partial charge in [-0.05, 0) is 38.0 Å². The molecule has 1 heterocycles. The molecule has 1 aliphatic carbocycles. The van der Waals surface area contributed by atoms with Gasteiger partial charge in [-0.2, -0.15) is 0 Å². The topological polar surface area (TPSA) is 70.1 Å². The average Bonchev–Trinajstić information content (AvgIpc) is 2.48. The Hall–Kier alpha value is -1.36. The summed E-state index contributed by atoms with van der Waals surface area (Å²) in [5.41, 5.74) is -0.219. The molecule has 0 spiro atoms. The molecule has 3 N–H and O–H groups in total. The van der Waals surface area contributed by atoms with E-state index in [2.05, 4.69) is 34.4 Å². The van der Waals surface area contributed by atoms with Gasteiger partial charge in [0.15, 0.2) is 0 Å². The number of aromatic nitrogens is 2. The number of nitrogens with zero attached hydrogens (tertiary/aromatic N) is 2. The van der Waals surface area contributed by atoms with Crippen molar-refractivity contribution in [2.45, 2.75) is 51.5 Å². The molecule has 112 valence electrons. The van der Waals surface area contributed by atoms with Crippen molar-refractivity contribution in [2.75, 3.05) is 23.8 Å². The maximum Gasteiger partial charge on any atom is 0.131 e. The lowest BCUT2D eigenvalue weighted by Crippen LogP contribution is -2.45. The van der Waals surface area contributed by atoms with Crippen LogP contribution in [0.2, 0.25) is 0 Å². The highest BCUT2D eigenvalue weighted by atomic mass is 16.3. The molecule has 0 radical (unpaired) electrons. The number of aliphatic hydroxyl groups is 1. The third kappa shape index (κ3) is 3.82. The summed E-state index contributed by atoms with van der Waals surface area (Å²) in [6, 6.07) is 1.92. The minimum Gasteiger partial charge on any atom is -0.394 e. The molecule has 0 unspecified atom stereocenters. The predicted molar refractivity (Wildman–Crippen MR) is 81.9 cm³/mol. The van der Waals surface area contributed by atoms with E-state index in [1.807, 2.05) is 6.07 Å². The highest BCUT2D eigenvalue weighted by Gasteiger charge is 2.33. The van der Waals surface area contributed by atoms with Crippen molar-refractivity contribution < 1.29 is 5.11 Å². The highest BCUT2D eigenvalue weighted by Crippen LogP contribution is 2.34. The minimum absolute atomic E-state index is 0.154. The fourth-order valence-corrected chi connectivity index (χ4v) is 2.68. The van der Waals surface area contributed by atoms with Crippen LogP contribution in [0.3, 0.4) is 0 Å². The Balaban J connectivity index is 2.03. The van der Waals surface area contributed by atoms with Crippen molar-refractivity contribution in [3.63, 3.8) is 0 Å². The first-order valence-corrected chi connectivity index (χ1v) is 7.62. The lowest BCUT2D eigenvalue weighted by Gasteiger charge is -2.39. The maximum absolute atomic E-state index is 9.78. The molecule has 0 aromatic carbocycles. The Morgan fingerprint density at radius 3 is 2.65 bits per heavy atom. The van der Waals surface area contributed by atoms with E-state index in [9.17, 15) is 5.11 Å². The summed E-state index contributed by atoms with van der Waals surface area (Å²) in [6.07, 6.45) is 6.92. The van der Waals surface area contributed by atoms with E-state index in [0.29, 0.717) is 0 Å². The van der Waals surface area contributed by atoms with Crippen molar-refractivity contribution in [1.82, 2.24) is 9.97 Å². The molecule has 5 heteroatoms. The number of hydrogen-bond acceptors (Lipinski definition) is 5. The first kappa shape index (κ1) is 15.0. The molecule has 1 aliphatic rings. The summed E-state index contributed by atoms with van der Waals surface area (Å²) in [6.45, 7) is 5.45. The van der Waals surface area contributed by atoms with Gasteiger partial charge in [-0.1, -0.05) is 13.8 Å². The SMILES string of the molecule is CCCNc1cc(NC2(CO)CCC(C)CC2)ncn1. The van der Waals surface area contributed by atoms with Gasteiger partial charge in [-0.15, -0.1) is 0 Å². The average molecular weight is 278 g/mol. The van der Waals surface area contributed by atoms with Gasteiger partial charge in [-0.3, -0.25) is 0 Å². The van der Waals surface area contributed by atoms with Gasteiger partial charge in [-0.25, -0.2) is 9.97 Å². The van der Waals surface area contributed by atoms with Gasteiger partial charge in [0.25, 0.3) is 0 Å². The summed E-state index contributed by atoms with van der Waals surface area (Å²) in [7, 11) is 0. The fourth-order valence-electron chi connectivity index (χ4n) is 2.68. The Morgan fingerprint density at radius 2 is 2.00 bits per heavy atom. The molecular weight excluding hydrogens is 252 g/mol. The number of anilines is 2. The van der Waals surface area contributed by atoms with Gasteiger partial charge in [0, 0.05) is 12.6 Å². The minimum atomic E-state index is -0.219. The Morgan fingerprint density at radius 1 is 1.30 bits per heavy atom. The first-order chi connectivity index (χ1) is 9.67. The monoisotopic (exact) mass is 278 g/mol. The number of aliphatic hydroxyl groups excluding tert-OH is 1. The Labute approximate surface area is 121 Å². The fraction of sp³-hybridized carbons (Fsp3) is 0.733. The molecule has 20 heavy (non-hydrogen) atoms. The van der Waals surface area contributed by atoms with E-state index in [1.54, 1.807) is 6.33 Å². The van der Waals surface area contributed by atoms with Crippen LogP contribution in [-0.4, -0.2) is 33.8 Å². The van der Waals surface area contributed by atoms with Gasteiger partial charge in [0.05, 0.1) is 12.1 Å². The largest absolute Gasteiger partial charge is 0.394 e. The maximum atomic E-state index is 9.78. The standard InChI is InChI=1S/C15H26N4O/c1-3-8-16-13-9-14(18-11-17-13)19-15(10-20)6-4-12(2)5-7-15/h9,11-12,20H,3-8,10H2,1-2H3,(H2,16,17,18,19). The molecule has 1 aromatic heterocycles. The number of nitrogens with one attached hydrogen (secondary N) is 2. The van der Waals surface area contributed by atoms with Crippen LogP contribution in [0.1, 0.15) is 46.0 Å². The van der Waals surface area contributed by atoms with Crippen LogP contribution in [0.15, 0.2) is 12.4 Å². The second-order valence-electron chi connectivity index (χ2n) is 5.96. The quantitative estimate of drug-likeness (QED) is 0.746. The normalized spacial score (nSPS) is 26.2. The van der Waals surface area contributed by atoms with Gasteiger partial charge >= 0.3 is 0 Å². The van der Waals surface area contributed by atoms with Crippen LogP contribution in [0.5, 0.6) is 0 Å². The molecule has 2 rings (SSSR count). The summed E-state index contributed by atoms with van der Waals surface area (Å²) < 4.78 is 0. The van der Waals surface area contributed by atoms with E-state index >= 15 is 0 Å². The molecule has 0 aliphatic heterocycles. The predicted octanol–water partition coefficient (Wildman–Crippen LogP) is 2.65. The van der Waals surface area contributed by atoms with E-state index in [1.165, 1.54) is 0 Å². The summed E-state index contributed by atoms with van der Waals surface area (Å²) in [4.78, 5) is 8.49. The second-order valence-corrected chi connectivity index (χ2v) is 5.96. The number of hydrogen-bond donors (Lipinski definition) is 3. The molecular formula is C15H26N4O. The van der Waals surface area contributed by atoms with Gasteiger partial charge in [0.2, 0.25) is 0 Å². The smallest absolute Gasteiger partial charge is 0.131 e. The summed E-state index contributed by atoms with van der Waals surface area (Å²) in [5.74, 6) is 2.38. The van der Waals surface area contributed by atoms with Crippen molar-refractivity contribution in [3.8, 4) is 0 Å². The zero-order valence-corrected chi connectivity index (χ0v) is 12.5. The number of rotatable bonds is 6. The van der Waals surface area contributed by atoms with Crippen molar-refractivity contribution >= 4 is 11.6 Å². The van der Waals surface area contributed by atoms with Crippen LogP contribution < -0.4 is 10.6 Å². The van der Waals surface area contributed by atoms with E-state index in [4.69, 9.17) is 0 Å². The van der Waals surface area contributed by atoms with Gasteiger partial charge < -0.3 is 15.7 Å². The van der Waals surface area contributed by atoms with Crippen LogP contribution in [0.4, 0.5) is 11.6 Å². The lowest BCUT2D eigenvalue weighted by atomic mass is 9.77. The zero-order chi connectivity index (χ0) is 14.4. The Kier molecular flexibility index (Phi) is 5.17. The third-order valence-electron chi connectivity index (χ3n) is 4.15. The summed E-state index contributed by atoms with van der Waals surface area (Å²) >= 11 is 0. The van der Waals surface area contributed by atoms with Crippen molar-refractivity contribution in [2.24, 2.45) is 5.92 Å². The van der Waals surface area contributed by atoms with Crippen LogP contribution in [0, 0.1) is 5.92 Å². The van der Waals surface area contributed by atoms with Crippen LogP contribution in [-0.2, 0) is 0 Å². The highest BCUT2D eigenvalue weighted by molar-refractivity contribution is 5.48. The van der Waals surface area contributed by atoms with E-state index in [-0.39, 0.29) is 12.1 Å². The van der Waals surface area contributed by atoms with Crippen LogP contribution >= 0.6 is 0 Å². The molecule has 0 atom stereocenters. The zero-order valence-electron chi connectivity index (χ0n) is 12.5. The second kappa shape index (κ2) is 6.88. The van der Waals surface area contributed by atoms with E-state index < -0.39 is 0 Å². The molecule has 0 bridgehead atoms.